The molecule has 0 aliphatic carbocycles. The first kappa shape index (κ1) is 13.6. The number of ether oxygens (including phenoxy) is 1. The first-order chi connectivity index (χ1) is 7.95. The van der Waals surface area contributed by atoms with Crippen LogP contribution in [-0.4, -0.2) is 17.2 Å². The van der Waals surface area contributed by atoms with Gasteiger partial charge in [0.15, 0.2) is 5.75 Å². The van der Waals surface area contributed by atoms with Crippen LogP contribution in [0.1, 0.15) is 37.0 Å². The van der Waals surface area contributed by atoms with Crippen LogP contribution in [0, 0.1) is 0 Å². The summed E-state index contributed by atoms with van der Waals surface area (Å²) in [7, 11) is 0. The van der Waals surface area contributed by atoms with Gasteiger partial charge < -0.3 is 15.6 Å². The van der Waals surface area contributed by atoms with Crippen molar-refractivity contribution in [1.82, 2.24) is 0 Å². The number of benzene rings is 1. The van der Waals surface area contributed by atoms with Crippen LogP contribution in [0.15, 0.2) is 12.1 Å². The standard InChI is InChI=1S/C12H16ClNO3/c1-3-4-7(2)17-11-9(12(15)16)5-8(14)6-10(11)13/h5-7H,3-4,14H2,1-2H3,(H,15,16). The number of hydrogen-bond donors (Lipinski definition) is 2. The van der Waals surface area contributed by atoms with Crippen molar-refractivity contribution >= 4 is 23.3 Å². The molecule has 5 heteroatoms. The third kappa shape index (κ3) is 3.53. The molecule has 0 amide bonds. The lowest BCUT2D eigenvalue weighted by Gasteiger charge is -2.17. The Morgan fingerprint density at radius 2 is 2.24 bits per heavy atom. The summed E-state index contributed by atoms with van der Waals surface area (Å²) in [6, 6.07) is 2.84. The fraction of sp³-hybridized carbons (Fsp3) is 0.417. The minimum Gasteiger partial charge on any atom is -0.488 e. The summed E-state index contributed by atoms with van der Waals surface area (Å²) in [6.07, 6.45) is 1.70. The van der Waals surface area contributed by atoms with Crippen molar-refractivity contribution in [3.05, 3.63) is 22.7 Å². The molecule has 94 valence electrons. The van der Waals surface area contributed by atoms with Gasteiger partial charge in [-0.15, -0.1) is 0 Å². The van der Waals surface area contributed by atoms with Crippen LogP contribution in [0.3, 0.4) is 0 Å². The third-order valence-electron chi connectivity index (χ3n) is 2.31. The fourth-order valence-corrected chi connectivity index (χ4v) is 1.83. The van der Waals surface area contributed by atoms with Gasteiger partial charge in [0.2, 0.25) is 0 Å². The molecule has 1 aromatic rings. The highest BCUT2D eigenvalue weighted by molar-refractivity contribution is 6.33. The zero-order valence-electron chi connectivity index (χ0n) is 9.87. The van der Waals surface area contributed by atoms with Gasteiger partial charge in [0.05, 0.1) is 11.1 Å². The van der Waals surface area contributed by atoms with Gasteiger partial charge in [0.25, 0.3) is 0 Å². The van der Waals surface area contributed by atoms with Gasteiger partial charge in [-0.3, -0.25) is 0 Å². The Bertz CT molecular complexity index is 420. The second-order valence-corrected chi connectivity index (χ2v) is 4.31. The van der Waals surface area contributed by atoms with Crippen LogP contribution < -0.4 is 10.5 Å². The van der Waals surface area contributed by atoms with E-state index >= 15 is 0 Å². The zero-order chi connectivity index (χ0) is 13.0. The van der Waals surface area contributed by atoms with E-state index in [0.29, 0.717) is 5.69 Å². The lowest BCUT2D eigenvalue weighted by atomic mass is 10.1. The van der Waals surface area contributed by atoms with Crippen molar-refractivity contribution in [3.63, 3.8) is 0 Å². The van der Waals surface area contributed by atoms with Crippen molar-refractivity contribution in [2.45, 2.75) is 32.8 Å². The third-order valence-corrected chi connectivity index (χ3v) is 2.59. The Balaban J connectivity index is 3.08. The topological polar surface area (TPSA) is 72.5 Å². The summed E-state index contributed by atoms with van der Waals surface area (Å²) in [6.45, 7) is 3.91. The van der Waals surface area contributed by atoms with Gasteiger partial charge in [-0.1, -0.05) is 24.9 Å². The molecule has 0 saturated carbocycles. The number of carboxylic acid groups (broad SMARTS) is 1. The first-order valence-corrected chi connectivity index (χ1v) is 5.82. The zero-order valence-corrected chi connectivity index (χ0v) is 10.6. The molecule has 0 aliphatic rings. The second kappa shape index (κ2) is 5.77. The molecule has 1 aromatic carbocycles. The van der Waals surface area contributed by atoms with E-state index in [0.717, 1.165) is 12.8 Å². The molecule has 0 aromatic heterocycles. The summed E-state index contributed by atoms with van der Waals surface area (Å²) >= 11 is 5.95. The number of nitrogens with two attached hydrogens (primary N) is 1. The molecule has 4 nitrogen and oxygen atoms in total. The van der Waals surface area contributed by atoms with E-state index in [9.17, 15) is 4.79 Å². The highest BCUT2D eigenvalue weighted by Gasteiger charge is 2.18. The molecule has 0 fully saturated rings. The largest absolute Gasteiger partial charge is 0.488 e. The maximum absolute atomic E-state index is 11.1. The van der Waals surface area contributed by atoms with Crippen LogP contribution in [0.5, 0.6) is 5.75 Å². The molecule has 1 unspecified atom stereocenters. The van der Waals surface area contributed by atoms with Crippen LogP contribution in [-0.2, 0) is 0 Å². The Labute approximate surface area is 105 Å². The maximum atomic E-state index is 11.1. The highest BCUT2D eigenvalue weighted by atomic mass is 35.5. The average molecular weight is 258 g/mol. The number of hydrogen-bond acceptors (Lipinski definition) is 3. The average Bonchev–Trinajstić information content (AvgIpc) is 2.21. The Morgan fingerprint density at radius 3 is 2.76 bits per heavy atom. The number of carboxylic acids is 1. The predicted molar refractivity (Wildman–Crippen MR) is 67.8 cm³/mol. The van der Waals surface area contributed by atoms with Crippen molar-refractivity contribution in [2.75, 3.05) is 5.73 Å². The molecule has 1 atom stereocenters. The van der Waals surface area contributed by atoms with Crippen molar-refractivity contribution in [1.29, 1.82) is 0 Å². The van der Waals surface area contributed by atoms with E-state index in [2.05, 4.69) is 0 Å². The second-order valence-electron chi connectivity index (χ2n) is 3.90. The monoisotopic (exact) mass is 257 g/mol. The summed E-state index contributed by atoms with van der Waals surface area (Å²) in [5.41, 5.74) is 5.86. The van der Waals surface area contributed by atoms with Gasteiger partial charge >= 0.3 is 5.97 Å². The number of carbonyl (C=O) groups is 1. The van der Waals surface area contributed by atoms with Crippen LogP contribution in [0.2, 0.25) is 5.02 Å². The number of nitrogen functional groups attached to an aromatic ring is 1. The Morgan fingerprint density at radius 1 is 1.59 bits per heavy atom. The van der Waals surface area contributed by atoms with E-state index in [1.807, 2.05) is 13.8 Å². The molecule has 0 saturated heterocycles. The maximum Gasteiger partial charge on any atom is 0.339 e. The van der Waals surface area contributed by atoms with E-state index in [1.165, 1.54) is 12.1 Å². The first-order valence-electron chi connectivity index (χ1n) is 5.44. The number of anilines is 1. The quantitative estimate of drug-likeness (QED) is 0.795. The fourth-order valence-electron chi connectivity index (χ4n) is 1.56. The lowest BCUT2D eigenvalue weighted by molar-refractivity contribution is 0.0689. The molecular weight excluding hydrogens is 242 g/mol. The summed E-state index contributed by atoms with van der Waals surface area (Å²) in [5.74, 6) is -0.910. The smallest absolute Gasteiger partial charge is 0.339 e. The van der Waals surface area contributed by atoms with Crippen molar-refractivity contribution < 1.29 is 14.6 Å². The van der Waals surface area contributed by atoms with Crippen LogP contribution >= 0.6 is 11.6 Å². The van der Waals surface area contributed by atoms with Gasteiger partial charge in [0.1, 0.15) is 5.56 Å². The van der Waals surface area contributed by atoms with Crippen molar-refractivity contribution in [3.8, 4) is 5.75 Å². The molecule has 17 heavy (non-hydrogen) atoms. The molecule has 0 radical (unpaired) electrons. The number of rotatable bonds is 5. The predicted octanol–water partition coefficient (Wildman–Crippen LogP) is 3.19. The van der Waals surface area contributed by atoms with Gasteiger partial charge in [-0.2, -0.15) is 0 Å². The van der Waals surface area contributed by atoms with E-state index in [-0.39, 0.29) is 22.4 Å². The molecule has 0 heterocycles. The van der Waals surface area contributed by atoms with Gasteiger partial charge in [-0.05, 0) is 25.5 Å². The van der Waals surface area contributed by atoms with Gasteiger partial charge in [0, 0.05) is 5.69 Å². The molecule has 3 N–H and O–H groups in total. The van der Waals surface area contributed by atoms with Crippen LogP contribution in [0.4, 0.5) is 5.69 Å². The van der Waals surface area contributed by atoms with E-state index in [4.69, 9.17) is 27.2 Å². The number of halogens is 1. The minimum atomic E-state index is -1.10. The van der Waals surface area contributed by atoms with E-state index in [1.54, 1.807) is 0 Å². The summed E-state index contributed by atoms with van der Waals surface area (Å²) < 4.78 is 5.56. The minimum absolute atomic E-state index is 0.00190. The lowest BCUT2D eigenvalue weighted by Crippen LogP contribution is -2.14. The van der Waals surface area contributed by atoms with Crippen LogP contribution in [0.25, 0.3) is 0 Å². The summed E-state index contributed by atoms with van der Waals surface area (Å²) in [5, 5.41) is 9.29. The highest BCUT2D eigenvalue weighted by Crippen LogP contribution is 2.32. The Hall–Kier alpha value is -1.42. The normalized spacial score (nSPS) is 12.2. The Kier molecular flexibility index (Phi) is 4.63. The summed E-state index contributed by atoms with van der Waals surface area (Å²) in [4.78, 5) is 11.1. The number of aromatic carboxylic acids is 1. The molecular formula is C12H16ClNO3. The molecule has 0 spiro atoms. The van der Waals surface area contributed by atoms with E-state index < -0.39 is 5.97 Å². The van der Waals surface area contributed by atoms with Crippen molar-refractivity contribution in [2.24, 2.45) is 0 Å². The SMILES string of the molecule is CCCC(C)Oc1c(Cl)cc(N)cc1C(=O)O. The van der Waals surface area contributed by atoms with Gasteiger partial charge in [-0.25, -0.2) is 4.79 Å². The molecule has 1 rings (SSSR count). The molecule has 0 bridgehead atoms. The molecule has 0 aliphatic heterocycles.